The van der Waals surface area contributed by atoms with E-state index in [2.05, 4.69) is 25.1 Å². The number of fused-ring (bicyclic) bond motifs is 2. The Hall–Kier alpha value is -1.04. The second-order valence-electron chi connectivity index (χ2n) is 5.07. The van der Waals surface area contributed by atoms with E-state index in [1.54, 1.807) is 27.8 Å². The summed E-state index contributed by atoms with van der Waals surface area (Å²) in [5.74, 6) is 0. The Bertz CT molecular complexity index is 438. The van der Waals surface area contributed by atoms with Crippen LogP contribution in [0.5, 0.6) is 0 Å². The molecule has 2 aliphatic rings. The molecule has 0 amide bonds. The molecule has 0 unspecified atom stereocenters. The van der Waals surface area contributed by atoms with Crippen LogP contribution in [-0.4, -0.2) is 0 Å². The molecular weight excluding hydrogens is 192 g/mol. The number of allylic oxidation sites excluding steroid dienone is 1. The largest absolute Gasteiger partial charge is 0.0836 e. The normalized spacial score (nSPS) is 18.1. The van der Waals surface area contributed by atoms with Crippen molar-refractivity contribution in [2.75, 3.05) is 0 Å². The Morgan fingerprint density at radius 3 is 2.81 bits per heavy atom. The highest BCUT2D eigenvalue weighted by Crippen LogP contribution is 2.33. The minimum atomic E-state index is 1.20. The van der Waals surface area contributed by atoms with Gasteiger partial charge in [0.2, 0.25) is 0 Å². The van der Waals surface area contributed by atoms with Crippen molar-refractivity contribution in [3.8, 4) is 0 Å². The van der Waals surface area contributed by atoms with Crippen molar-refractivity contribution >= 4 is 6.08 Å². The van der Waals surface area contributed by atoms with Crippen LogP contribution in [0.4, 0.5) is 0 Å². The molecule has 84 valence electrons. The summed E-state index contributed by atoms with van der Waals surface area (Å²) in [4.78, 5) is 0. The SMILES string of the molecule is CCc1c2c(cc3c1CCCC3)CCC=C2. The zero-order chi connectivity index (χ0) is 11.0. The second kappa shape index (κ2) is 4.08. The van der Waals surface area contributed by atoms with Crippen LogP contribution in [0.25, 0.3) is 6.08 Å². The van der Waals surface area contributed by atoms with Gasteiger partial charge in [-0.1, -0.05) is 25.1 Å². The van der Waals surface area contributed by atoms with Crippen molar-refractivity contribution in [1.82, 2.24) is 0 Å². The van der Waals surface area contributed by atoms with E-state index in [4.69, 9.17) is 0 Å². The lowest BCUT2D eigenvalue weighted by Crippen LogP contribution is -2.11. The predicted octanol–water partition coefficient (Wildman–Crippen LogP) is 4.09. The summed E-state index contributed by atoms with van der Waals surface area (Å²) in [7, 11) is 0. The highest BCUT2D eigenvalue weighted by atomic mass is 14.2. The molecule has 3 rings (SSSR count). The van der Waals surface area contributed by atoms with Crippen LogP contribution >= 0.6 is 0 Å². The van der Waals surface area contributed by atoms with Gasteiger partial charge in [0.15, 0.2) is 0 Å². The molecule has 1 aromatic rings. The molecule has 0 nitrogen and oxygen atoms in total. The van der Waals surface area contributed by atoms with Gasteiger partial charge in [-0.05, 0) is 72.8 Å². The summed E-state index contributed by atoms with van der Waals surface area (Å²) in [5.41, 5.74) is 8.19. The zero-order valence-corrected chi connectivity index (χ0v) is 10.2. The van der Waals surface area contributed by atoms with Gasteiger partial charge in [-0.2, -0.15) is 0 Å². The van der Waals surface area contributed by atoms with Crippen LogP contribution in [0.15, 0.2) is 12.1 Å². The predicted molar refractivity (Wildman–Crippen MR) is 69.8 cm³/mol. The second-order valence-corrected chi connectivity index (χ2v) is 5.07. The molecule has 0 fully saturated rings. The monoisotopic (exact) mass is 212 g/mol. The zero-order valence-electron chi connectivity index (χ0n) is 10.2. The molecule has 1 aromatic carbocycles. The van der Waals surface area contributed by atoms with Gasteiger partial charge in [-0.3, -0.25) is 0 Å². The third-order valence-corrected chi connectivity index (χ3v) is 4.11. The number of benzene rings is 1. The van der Waals surface area contributed by atoms with Gasteiger partial charge in [0.1, 0.15) is 0 Å². The van der Waals surface area contributed by atoms with Crippen molar-refractivity contribution in [3.63, 3.8) is 0 Å². The van der Waals surface area contributed by atoms with Crippen molar-refractivity contribution in [1.29, 1.82) is 0 Å². The van der Waals surface area contributed by atoms with Gasteiger partial charge in [-0.25, -0.2) is 0 Å². The molecular formula is C16H20. The van der Waals surface area contributed by atoms with Gasteiger partial charge in [0.05, 0.1) is 0 Å². The van der Waals surface area contributed by atoms with E-state index < -0.39 is 0 Å². The highest BCUT2D eigenvalue weighted by molar-refractivity contribution is 5.64. The van der Waals surface area contributed by atoms with E-state index in [0.29, 0.717) is 0 Å². The Balaban J connectivity index is 2.22. The number of hydrogen-bond donors (Lipinski definition) is 0. The van der Waals surface area contributed by atoms with Gasteiger partial charge < -0.3 is 0 Å². The molecule has 0 aliphatic heterocycles. The first-order chi connectivity index (χ1) is 7.90. The fraction of sp³-hybridized carbons (Fsp3) is 0.500. The van der Waals surface area contributed by atoms with Crippen LogP contribution < -0.4 is 0 Å². The van der Waals surface area contributed by atoms with Crippen LogP contribution in [0.3, 0.4) is 0 Å². The summed E-state index contributed by atoms with van der Waals surface area (Å²) in [5, 5.41) is 0. The number of rotatable bonds is 1. The summed E-state index contributed by atoms with van der Waals surface area (Å²) >= 11 is 0. The Morgan fingerprint density at radius 1 is 1.06 bits per heavy atom. The Kier molecular flexibility index (Phi) is 2.59. The third kappa shape index (κ3) is 1.52. The van der Waals surface area contributed by atoms with E-state index in [1.165, 1.54) is 44.9 Å². The smallest absolute Gasteiger partial charge is 0.0193 e. The molecule has 2 aliphatic carbocycles. The fourth-order valence-electron chi connectivity index (χ4n) is 3.34. The first-order valence-corrected chi connectivity index (χ1v) is 6.73. The fourth-order valence-corrected chi connectivity index (χ4v) is 3.34. The molecule has 0 atom stereocenters. The maximum Gasteiger partial charge on any atom is -0.0193 e. The lowest BCUT2D eigenvalue weighted by Gasteiger charge is -2.25. The maximum absolute atomic E-state index is 2.51. The summed E-state index contributed by atoms with van der Waals surface area (Å²) in [6, 6.07) is 2.51. The Labute approximate surface area is 98.4 Å². The third-order valence-electron chi connectivity index (χ3n) is 4.11. The maximum atomic E-state index is 2.51. The summed E-state index contributed by atoms with van der Waals surface area (Å²) < 4.78 is 0. The minimum absolute atomic E-state index is 1.20. The molecule has 0 heteroatoms. The van der Waals surface area contributed by atoms with E-state index >= 15 is 0 Å². The molecule has 16 heavy (non-hydrogen) atoms. The molecule has 0 N–H and O–H groups in total. The van der Waals surface area contributed by atoms with Crippen molar-refractivity contribution in [2.45, 2.75) is 51.9 Å². The molecule has 0 saturated carbocycles. The topological polar surface area (TPSA) is 0 Å². The van der Waals surface area contributed by atoms with Crippen molar-refractivity contribution < 1.29 is 0 Å². The minimum Gasteiger partial charge on any atom is -0.0836 e. The van der Waals surface area contributed by atoms with Crippen LogP contribution in [0.2, 0.25) is 0 Å². The molecule has 0 spiro atoms. The van der Waals surface area contributed by atoms with Crippen molar-refractivity contribution in [3.05, 3.63) is 40.0 Å². The molecule has 0 bridgehead atoms. The lowest BCUT2D eigenvalue weighted by molar-refractivity contribution is 0.676. The van der Waals surface area contributed by atoms with Gasteiger partial charge in [0.25, 0.3) is 0 Å². The molecule has 0 aromatic heterocycles. The first kappa shape index (κ1) is 10.1. The van der Waals surface area contributed by atoms with E-state index in [0.717, 1.165) is 0 Å². The standard InChI is InChI=1S/C16H20/c1-2-14-15-9-5-3-7-12(15)11-13-8-4-6-10-16(13)14/h5,9,11H,2-4,6-8,10H2,1H3. The van der Waals surface area contributed by atoms with E-state index in [-0.39, 0.29) is 0 Å². The number of aryl methyl sites for hydroxylation is 2. The first-order valence-electron chi connectivity index (χ1n) is 6.73. The van der Waals surface area contributed by atoms with E-state index in [9.17, 15) is 0 Å². The van der Waals surface area contributed by atoms with Crippen LogP contribution in [0.1, 0.15) is 54.0 Å². The quantitative estimate of drug-likeness (QED) is 0.658. The van der Waals surface area contributed by atoms with Gasteiger partial charge in [-0.15, -0.1) is 0 Å². The van der Waals surface area contributed by atoms with Crippen molar-refractivity contribution in [2.24, 2.45) is 0 Å². The average Bonchev–Trinajstić information content (AvgIpc) is 2.36. The lowest BCUT2D eigenvalue weighted by atomic mass is 9.80. The average molecular weight is 212 g/mol. The number of hydrogen-bond acceptors (Lipinski definition) is 0. The van der Waals surface area contributed by atoms with E-state index in [1.807, 2.05) is 0 Å². The molecule has 0 heterocycles. The van der Waals surface area contributed by atoms with Gasteiger partial charge in [0, 0.05) is 0 Å². The Morgan fingerprint density at radius 2 is 1.94 bits per heavy atom. The van der Waals surface area contributed by atoms with Crippen LogP contribution in [-0.2, 0) is 25.7 Å². The highest BCUT2D eigenvalue weighted by Gasteiger charge is 2.18. The van der Waals surface area contributed by atoms with Crippen LogP contribution in [0, 0.1) is 0 Å². The molecule has 0 radical (unpaired) electrons. The summed E-state index contributed by atoms with van der Waals surface area (Å²) in [6.07, 6.45) is 13.8. The summed E-state index contributed by atoms with van der Waals surface area (Å²) in [6.45, 7) is 2.31. The molecule has 0 saturated heterocycles. The van der Waals surface area contributed by atoms with Gasteiger partial charge >= 0.3 is 0 Å².